The van der Waals surface area contributed by atoms with Crippen LogP contribution in [-0.2, 0) is 14.3 Å². The van der Waals surface area contributed by atoms with E-state index in [1.807, 2.05) is 0 Å². The number of carbonyl (C=O) groups is 2. The van der Waals surface area contributed by atoms with Crippen molar-refractivity contribution in [2.45, 2.75) is 12.8 Å². The minimum atomic E-state index is -0.476. The molecule has 2 N–H and O–H groups in total. The second-order valence-electron chi connectivity index (χ2n) is 2.55. The molecule has 76 valence electrons. The molecule has 0 heterocycles. The molecule has 0 aromatic rings. The molecule has 0 saturated carbocycles. The Morgan fingerprint density at radius 2 is 1.38 bits per heavy atom. The van der Waals surface area contributed by atoms with Gasteiger partial charge in [0.05, 0.1) is 12.8 Å². The normalized spacial score (nSPS) is 9.69. The predicted octanol–water partition coefficient (Wildman–Crippen LogP) is -0.725. The fourth-order valence-electron chi connectivity index (χ4n) is 0.683. The second kappa shape index (κ2) is 7.70. The Kier molecular flexibility index (Phi) is 7.14. The van der Waals surface area contributed by atoms with Crippen molar-refractivity contribution in [3.8, 4) is 0 Å². The van der Waals surface area contributed by atoms with E-state index >= 15 is 0 Å². The van der Waals surface area contributed by atoms with E-state index < -0.39 is 11.9 Å². The zero-order valence-corrected chi connectivity index (χ0v) is 8.05. The van der Waals surface area contributed by atoms with Crippen LogP contribution in [0.15, 0.2) is 0 Å². The maximum Gasteiger partial charge on any atom is 0.314 e. The van der Waals surface area contributed by atoms with Gasteiger partial charge in [-0.3, -0.25) is 9.59 Å². The van der Waals surface area contributed by atoms with Gasteiger partial charge < -0.3 is 15.4 Å². The fourth-order valence-corrected chi connectivity index (χ4v) is 0.683. The Morgan fingerprint density at radius 3 is 1.69 bits per heavy atom. The topological polar surface area (TPSA) is 67.4 Å². The third-order valence-corrected chi connectivity index (χ3v) is 1.39. The van der Waals surface area contributed by atoms with E-state index in [0.717, 1.165) is 0 Å². The summed E-state index contributed by atoms with van der Waals surface area (Å²) in [6.07, 6.45) is 0.448. The van der Waals surface area contributed by atoms with Crippen LogP contribution in [0.5, 0.6) is 0 Å². The van der Waals surface area contributed by atoms with Gasteiger partial charge in [-0.25, -0.2) is 0 Å². The van der Waals surface area contributed by atoms with Crippen molar-refractivity contribution in [2.24, 2.45) is 0 Å². The summed E-state index contributed by atoms with van der Waals surface area (Å²) in [7, 11) is 3.46. The number of esters is 2. The van der Waals surface area contributed by atoms with Gasteiger partial charge in [0.25, 0.3) is 0 Å². The number of ether oxygens (including phenoxy) is 1. The van der Waals surface area contributed by atoms with E-state index in [4.69, 9.17) is 0 Å². The van der Waals surface area contributed by atoms with Crippen molar-refractivity contribution in [1.82, 2.24) is 10.6 Å². The Hall–Kier alpha value is -0.940. The minimum absolute atomic E-state index is 0.224. The fraction of sp³-hybridized carbons (Fsp3) is 0.750. The first kappa shape index (κ1) is 12.1. The SMILES string of the molecule is CNCCC(=O)OC(=O)CCNC. The molecule has 0 spiro atoms. The van der Waals surface area contributed by atoms with Gasteiger partial charge >= 0.3 is 11.9 Å². The maximum atomic E-state index is 10.9. The van der Waals surface area contributed by atoms with Crippen LogP contribution in [0.3, 0.4) is 0 Å². The monoisotopic (exact) mass is 188 g/mol. The molecule has 0 unspecified atom stereocenters. The maximum absolute atomic E-state index is 10.9. The highest BCUT2D eigenvalue weighted by Gasteiger charge is 2.08. The molecular formula is C8H16N2O3. The lowest BCUT2D eigenvalue weighted by Gasteiger charge is -2.01. The quantitative estimate of drug-likeness (QED) is 0.425. The molecule has 0 aromatic carbocycles. The number of carbonyl (C=O) groups excluding carboxylic acids is 2. The summed E-state index contributed by atoms with van der Waals surface area (Å²) in [6.45, 7) is 1.05. The van der Waals surface area contributed by atoms with E-state index in [0.29, 0.717) is 13.1 Å². The molecule has 0 rings (SSSR count). The molecule has 0 aliphatic carbocycles. The third-order valence-electron chi connectivity index (χ3n) is 1.39. The summed E-state index contributed by atoms with van der Waals surface area (Å²) in [5.74, 6) is -0.953. The Labute approximate surface area is 77.8 Å². The van der Waals surface area contributed by atoms with Gasteiger partial charge in [0.2, 0.25) is 0 Å². The molecule has 0 amide bonds. The highest BCUT2D eigenvalue weighted by Crippen LogP contribution is 1.89. The Balaban J connectivity index is 3.47. The molecule has 0 radical (unpaired) electrons. The van der Waals surface area contributed by atoms with Crippen LogP contribution < -0.4 is 10.6 Å². The Bertz CT molecular complexity index is 153. The van der Waals surface area contributed by atoms with Crippen LogP contribution in [0.25, 0.3) is 0 Å². The zero-order valence-electron chi connectivity index (χ0n) is 8.05. The number of rotatable bonds is 6. The summed E-state index contributed by atoms with van der Waals surface area (Å²) in [4.78, 5) is 21.7. The Morgan fingerprint density at radius 1 is 1.00 bits per heavy atom. The van der Waals surface area contributed by atoms with E-state index in [2.05, 4.69) is 15.4 Å². The van der Waals surface area contributed by atoms with Crippen LogP contribution in [0.4, 0.5) is 0 Å². The van der Waals surface area contributed by atoms with E-state index in [1.54, 1.807) is 14.1 Å². The summed E-state index contributed by atoms with van der Waals surface area (Å²) < 4.78 is 4.50. The lowest BCUT2D eigenvalue weighted by molar-refractivity contribution is -0.159. The molecule has 0 saturated heterocycles. The van der Waals surface area contributed by atoms with Crippen molar-refractivity contribution in [3.63, 3.8) is 0 Å². The summed E-state index contributed by atoms with van der Waals surface area (Å²) in [5, 5.41) is 5.58. The highest BCUT2D eigenvalue weighted by molar-refractivity contribution is 5.85. The van der Waals surface area contributed by atoms with Gasteiger partial charge in [0, 0.05) is 13.1 Å². The molecular weight excluding hydrogens is 172 g/mol. The standard InChI is InChI=1S/C8H16N2O3/c1-9-5-3-7(11)13-8(12)4-6-10-2/h9-10H,3-6H2,1-2H3. The van der Waals surface area contributed by atoms with Crippen molar-refractivity contribution in [1.29, 1.82) is 0 Å². The van der Waals surface area contributed by atoms with E-state index in [9.17, 15) is 9.59 Å². The number of hydrogen-bond acceptors (Lipinski definition) is 5. The van der Waals surface area contributed by atoms with Gasteiger partial charge in [0.1, 0.15) is 0 Å². The predicted molar refractivity (Wildman–Crippen MR) is 48.2 cm³/mol. The van der Waals surface area contributed by atoms with Gasteiger partial charge in [0.15, 0.2) is 0 Å². The first-order valence-electron chi connectivity index (χ1n) is 4.23. The molecule has 0 aliphatic rings. The molecule has 0 aliphatic heterocycles. The van der Waals surface area contributed by atoms with Crippen LogP contribution in [0.1, 0.15) is 12.8 Å². The van der Waals surface area contributed by atoms with Crippen molar-refractivity contribution in [2.75, 3.05) is 27.2 Å². The van der Waals surface area contributed by atoms with Crippen molar-refractivity contribution >= 4 is 11.9 Å². The van der Waals surface area contributed by atoms with Crippen LogP contribution in [0, 0.1) is 0 Å². The van der Waals surface area contributed by atoms with Gasteiger partial charge in [-0.2, -0.15) is 0 Å². The summed E-state index contributed by atoms with van der Waals surface area (Å²) >= 11 is 0. The molecule has 0 bridgehead atoms. The second-order valence-corrected chi connectivity index (χ2v) is 2.55. The molecule has 0 aromatic heterocycles. The lowest BCUT2D eigenvalue weighted by atomic mass is 10.4. The van der Waals surface area contributed by atoms with Crippen molar-refractivity contribution in [3.05, 3.63) is 0 Å². The zero-order chi connectivity index (χ0) is 10.1. The summed E-state index contributed by atoms with van der Waals surface area (Å²) in [6, 6.07) is 0. The summed E-state index contributed by atoms with van der Waals surface area (Å²) in [5.41, 5.74) is 0. The van der Waals surface area contributed by atoms with Crippen LogP contribution >= 0.6 is 0 Å². The largest absolute Gasteiger partial charge is 0.393 e. The molecule has 13 heavy (non-hydrogen) atoms. The van der Waals surface area contributed by atoms with Gasteiger partial charge in [-0.15, -0.1) is 0 Å². The van der Waals surface area contributed by atoms with Crippen LogP contribution in [-0.4, -0.2) is 39.1 Å². The van der Waals surface area contributed by atoms with Gasteiger partial charge in [-0.05, 0) is 14.1 Å². The average molecular weight is 188 g/mol. The molecule has 0 atom stereocenters. The lowest BCUT2D eigenvalue weighted by Crippen LogP contribution is -2.20. The first-order chi connectivity index (χ1) is 6.20. The van der Waals surface area contributed by atoms with E-state index in [1.165, 1.54) is 0 Å². The number of nitrogens with one attached hydrogen (secondary N) is 2. The van der Waals surface area contributed by atoms with Crippen molar-refractivity contribution < 1.29 is 14.3 Å². The van der Waals surface area contributed by atoms with E-state index in [-0.39, 0.29) is 12.8 Å². The highest BCUT2D eigenvalue weighted by atomic mass is 16.6. The first-order valence-corrected chi connectivity index (χ1v) is 4.23. The number of hydrogen-bond donors (Lipinski definition) is 2. The molecule has 0 fully saturated rings. The smallest absolute Gasteiger partial charge is 0.314 e. The van der Waals surface area contributed by atoms with Crippen LogP contribution in [0.2, 0.25) is 0 Å². The van der Waals surface area contributed by atoms with Gasteiger partial charge in [-0.1, -0.05) is 0 Å². The molecule has 5 nitrogen and oxygen atoms in total. The minimum Gasteiger partial charge on any atom is -0.393 e. The average Bonchev–Trinajstić information content (AvgIpc) is 2.11. The third kappa shape index (κ3) is 7.42. The molecule has 5 heteroatoms.